The number of fused-ring (bicyclic) bond motifs is 1. The second kappa shape index (κ2) is 5.22. The Bertz CT molecular complexity index is 459. The monoisotopic (exact) mass is 265 g/mol. The predicted octanol–water partition coefficient (Wildman–Crippen LogP) is 3.56. The number of nitrogens with one attached hydrogen (secondary N) is 1. The van der Waals surface area contributed by atoms with Gasteiger partial charge in [-0.15, -0.1) is 11.8 Å². The highest BCUT2D eigenvalue weighted by molar-refractivity contribution is 8.00. The van der Waals surface area contributed by atoms with Gasteiger partial charge >= 0.3 is 5.97 Å². The number of anilines is 1. The summed E-state index contributed by atoms with van der Waals surface area (Å²) in [6, 6.07) is 6.61. The van der Waals surface area contributed by atoms with Crippen LogP contribution < -0.4 is 5.32 Å². The molecule has 0 bridgehead atoms. The van der Waals surface area contributed by atoms with E-state index in [1.54, 1.807) is 11.8 Å². The van der Waals surface area contributed by atoms with Crippen molar-refractivity contribution < 1.29 is 9.90 Å². The van der Waals surface area contributed by atoms with Crippen molar-refractivity contribution in [3.63, 3.8) is 0 Å². The van der Waals surface area contributed by atoms with Gasteiger partial charge in [0.15, 0.2) is 0 Å². The highest BCUT2D eigenvalue weighted by Gasteiger charge is 2.27. The van der Waals surface area contributed by atoms with E-state index in [0.717, 1.165) is 5.69 Å². The van der Waals surface area contributed by atoms with Gasteiger partial charge in [0, 0.05) is 21.9 Å². The number of benzene rings is 1. The van der Waals surface area contributed by atoms with Crippen LogP contribution in [-0.4, -0.2) is 22.4 Å². The molecule has 98 valence electrons. The minimum absolute atomic E-state index is 0.0948. The number of rotatable bonds is 3. The molecule has 0 spiro atoms. The molecular formula is C14H19NO2S. The topological polar surface area (TPSA) is 49.3 Å². The Morgan fingerprint density at radius 3 is 2.83 bits per heavy atom. The molecule has 0 fully saturated rings. The summed E-state index contributed by atoms with van der Waals surface area (Å²) in [6.45, 7) is 6.37. The molecule has 3 nitrogen and oxygen atoms in total. The lowest BCUT2D eigenvalue weighted by Crippen LogP contribution is -2.33. The van der Waals surface area contributed by atoms with Gasteiger partial charge in [-0.25, -0.2) is 0 Å². The molecule has 0 saturated carbocycles. The third-order valence-electron chi connectivity index (χ3n) is 3.27. The van der Waals surface area contributed by atoms with E-state index in [9.17, 15) is 4.79 Å². The molecule has 0 amide bonds. The number of carboxylic acid groups (broad SMARTS) is 1. The Labute approximate surface area is 112 Å². The predicted molar refractivity (Wildman–Crippen MR) is 75.5 cm³/mol. The quantitative estimate of drug-likeness (QED) is 0.877. The van der Waals surface area contributed by atoms with Crippen LogP contribution in [0.15, 0.2) is 23.1 Å². The Kier molecular flexibility index (Phi) is 3.85. The van der Waals surface area contributed by atoms with Gasteiger partial charge in [0.2, 0.25) is 0 Å². The molecule has 0 radical (unpaired) electrons. The van der Waals surface area contributed by atoms with E-state index in [4.69, 9.17) is 5.11 Å². The number of hydrogen-bond donors (Lipinski definition) is 2. The summed E-state index contributed by atoms with van der Waals surface area (Å²) in [6.07, 6.45) is 0.199. The zero-order valence-corrected chi connectivity index (χ0v) is 11.8. The summed E-state index contributed by atoms with van der Waals surface area (Å²) in [7, 11) is 0. The molecule has 0 saturated heterocycles. The summed E-state index contributed by atoms with van der Waals surface area (Å²) < 4.78 is 0. The van der Waals surface area contributed by atoms with Crippen molar-refractivity contribution >= 4 is 23.4 Å². The highest BCUT2D eigenvalue weighted by Crippen LogP contribution is 2.40. The summed E-state index contributed by atoms with van der Waals surface area (Å²) in [4.78, 5) is 12.0. The smallest absolute Gasteiger partial charge is 0.304 e. The van der Waals surface area contributed by atoms with Crippen LogP contribution in [0, 0.1) is 0 Å². The SMILES string of the molecule is CC(C)c1ccc2c(c1)SC(CC(=O)O)C(C)N2. The van der Waals surface area contributed by atoms with E-state index < -0.39 is 5.97 Å². The van der Waals surface area contributed by atoms with Crippen LogP contribution in [0.2, 0.25) is 0 Å². The maximum Gasteiger partial charge on any atom is 0.304 e. The molecule has 0 aliphatic carbocycles. The fraction of sp³-hybridized carbons (Fsp3) is 0.500. The lowest BCUT2D eigenvalue weighted by molar-refractivity contribution is -0.137. The van der Waals surface area contributed by atoms with E-state index in [1.807, 2.05) is 6.92 Å². The lowest BCUT2D eigenvalue weighted by atomic mass is 10.0. The molecule has 2 atom stereocenters. The van der Waals surface area contributed by atoms with E-state index in [-0.39, 0.29) is 17.7 Å². The molecule has 2 rings (SSSR count). The fourth-order valence-corrected chi connectivity index (χ4v) is 3.39. The van der Waals surface area contributed by atoms with Gasteiger partial charge in [0.25, 0.3) is 0 Å². The van der Waals surface area contributed by atoms with Crippen LogP contribution in [0.4, 0.5) is 5.69 Å². The average molecular weight is 265 g/mol. The molecular weight excluding hydrogens is 246 g/mol. The van der Waals surface area contributed by atoms with Crippen LogP contribution in [0.3, 0.4) is 0 Å². The van der Waals surface area contributed by atoms with Crippen LogP contribution >= 0.6 is 11.8 Å². The van der Waals surface area contributed by atoms with Crippen molar-refractivity contribution in [3.8, 4) is 0 Å². The van der Waals surface area contributed by atoms with Crippen molar-refractivity contribution in [2.24, 2.45) is 0 Å². The van der Waals surface area contributed by atoms with Crippen LogP contribution in [0.5, 0.6) is 0 Å². The van der Waals surface area contributed by atoms with E-state index in [0.29, 0.717) is 5.92 Å². The highest BCUT2D eigenvalue weighted by atomic mass is 32.2. The van der Waals surface area contributed by atoms with Crippen molar-refractivity contribution in [2.75, 3.05) is 5.32 Å². The minimum Gasteiger partial charge on any atom is -0.481 e. The molecule has 1 heterocycles. The van der Waals surface area contributed by atoms with Crippen LogP contribution in [0.1, 0.15) is 38.7 Å². The third-order valence-corrected chi connectivity index (χ3v) is 4.74. The second-order valence-electron chi connectivity index (χ2n) is 5.10. The Hall–Kier alpha value is -1.16. The normalized spacial score (nSPS) is 22.4. The second-order valence-corrected chi connectivity index (χ2v) is 6.38. The van der Waals surface area contributed by atoms with Gasteiger partial charge in [-0.05, 0) is 30.5 Å². The van der Waals surface area contributed by atoms with Gasteiger partial charge in [0.1, 0.15) is 0 Å². The lowest BCUT2D eigenvalue weighted by Gasteiger charge is -2.31. The molecule has 2 unspecified atom stereocenters. The van der Waals surface area contributed by atoms with Crippen LogP contribution in [0.25, 0.3) is 0 Å². The first-order valence-corrected chi connectivity index (χ1v) is 7.14. The first-order chi connectivity index (χ1) is 8.47. The third kappa shape index (κ3) is 2.80. The average Bonchev–Trinajstić information content (AvgIpc) is 2.28. The molecule has 18 heavy (non-hydrogen) atoms. The zero-order valence-electron chi connectivity index (χ0n) is 10.9. The summed E-state index contributed by atoms with van der Waals surface area (Å²) in [5, 5.41) is 12.4. The fourth-order valence-electron chi connectivity index (χ4n) is 2.11. The molecule has 0 aromatic heterocycles. The van der Waals surface area contributed by atoms with Crippen molar-refractivity contribution in [3.05, 3.63) is 23.8 Å². The first kappa shape index (κ1) is 13.3. The minimum atomic E-state index is -0.732. The number of hydrogen-bond acceptors (Lipinski definition) is 3. The van der Waals surface area contributed by atoms with Crippen molar-refractivity contribution in [1.82, 2.24) is 0 Å². The van der Waals surface area contributed by atoms with Gasteiger partial charge in [-0.1, -0.05) is 19.9 Å². The molecule has 1 aromatic rings. The summed E-state index contributed by atoms with van der Waals surface area (Å²) in [5.74, 6) is -0.238. The number of carbonyl (C=O) groups is 1. The van der Waals surface area contributed by atoms with E-state index in [2.05, 4.69) is 37.4 Å². The van der Waals surface area contributed by atoms with Crippen molar-refractivity contribution in [1.29, 1.82) is 0 Å². The standard InChI is InChI=1S/C14H19NO2S/c1-8(2)10-4-5-11-13(6-10)18-12(7-14(16)17)9(3)15-11/h4-6,8-9,12,15H,7H2,1-3H3,(H,16,17). The van der Waals surface area contributed by atoms with E-state index >= 15 is 0 Å². The molecule has 4 heteroatoms. The largest absolute Gasteiger partial charge is 0.481 e. The summed E-state index contributed by atoms with van der Waals surface area (Å²) >= 11 is 1.68. The van der Waals surface area contributed by atoms with Gasteiger partial charge < -0.3 is 10.4 Å². The van der Waals surface area contributed by atoms with E-state index in [1.165, 1.54) is 10.5 Å². The molecule has 1 aliphatic rings. The molecule has 1 aromatic carbocycles. The van der Waals surface area contributed by atoms with Gasteiger partial charge in [-0.3, -0.25) is 4.79 Å². The van der Waals surface area contributed by atoms with Crippen molar-refractivity contribution in [2.45, 2.75) is 49.3 Å². The first-order valence-electron chi connectivity index (χ1n) is 6.26. The van der Waals surface area contributed by atoms with Gasteiger partial charge in [0.05, 0.1) is 6.42 Å². The Morgan fingerprint density at radius 2 is 2.22 bits per heavy atom. The summed E-state index contributed by atoms with van der Waals surface area (Å²) in [5.41, 5.74) is 2.42. The maximum absolute atomic E-state index is 10.9. The Balaban J connectivity index is 2.24. The number of aliphatic carboxylic acids is 1. The van der Waals surface area contributed by atoms with Gasteiger partial charge in [-0.2, -0.15) is 0 Å². The number of carboxylic acids is 1. The zero-order chi connectivity index (χ0) is 13.3. The van der Waals surface area contributed by atoms with Crippen LogP contribution in [-0.2, 0) is 4.79 Å². The maximum atomic E-state index is 10.9. The Morgan fingerprint density at radius 1 is 1.50 bits per heavy atom. The molecule has 2 N–H and O–H groups in total. The number of thioether (sulfide) groups is 1. The molecule has 1 aliphatic heterocycles.